The lowest BCUT2D eigenvalue weighted by molar-refractivity contribution is 0.684. The summed E-state index contributed by atoms with van der Waals surface area (Å²) in [6.07, 6.45) is 1.90. The summed E-state index contributed by atoms with van der Waals surface area (Å²) in [5.41, 5.74) is 0.889. The average Bonchev–Trinajstić information content (AvgIpc) is 2.18. The van der Waals surface area contributed by atoms with Crippen molar-refractivity contribution in [3.05, 3.63) is 24.3 Å². The van der Waals surface area contributed by atoms with E-state index < -0.39 is 11.0 Å². The summed E-state index contributed by atoms with van der Waals surface area (Å²) in [7, 11) is -1.24. The van der Waals surface area contributed by atoms with Gasteiger partial charge in [0.2, 0.25) is 0 Å². The molecule has 68 valence electrons. The summed E-state index contributed by atoms with van der Waals surface area (Å²) in [6.45, 7) is 0. The van der Waals surface area contributed by atoms with Gasteiger partial charge in [-0.2, -0.15) is 4.40 Å². The van der Waals surface area contributed by atoms with Gasteiger partial charge in [-0.1, -0.05) is 23.9 Å². The summed E-state index contributed by atoms with van der Waals surface area (Å²) in [5.74, 6) is 0. The van der Waals surface area contributed by atoms with E-state index in [-0.39, 0.29) is 0 Å². The minimum absolute atomic E-state index is 0.706. The molecule has 0 spiro atoms. The molecular formula is C8H8N2OS2. The third-order valence-corrected chi connectivity index (χ3v) is 3.45. The quantitative estimate of drug-likeness (QED) is 0.713. The number of hydrogen-bond donors (Lipinski definition) is 1. The van der Waals surface area contributed by atoms with Crippen LogP contribution in [0.3, 0.4) is 0 Å². The Morgan fingerprint density at radius 2 is 2.23 bits per heavy atom. The summed E-state index contributed by atoms with van der Waals surface area (Å²) >= 11 is 1.46. The van der Waals surface area contributed by atoms with Crippen LogP contribution >= 0.6 is 11.8 Å². The second kappa shape index (κ2) is 3.51. The maximum absolute atomic E-state index is 11.5. The minimum Gasteiger partial charge on any atom is -0.333 e. The van der Waals surface area contributed by atoms with E-state index in [1.807, 2.05) is 30.5 Å². The molecule has 2 rings (SSSR count). The van der Waals surface area contributed by atoms with Crippen LogP contribution in [0.2, 0.25) is 0 Å². The number of amidine groups is 1. The topological polar surface area (TPSA) is 41.5 Å². The zero-order valence-corrected chi connectivity index (χ0v) is 8.61. The second-order valence-corrected chi connectivity index (χ2v) is 4.39. The normalized spacial score (nSPS) is 20.1. The fourth-order valence-electron chi connectivity index (χ4n) is 1.07. The molecule has 0 radical (unpaired) electrons. The van der Waals surface area contributed by atoms with Crippen LogP contribution in [0.1, 0.15) is 0 Å². The number of rotatable bonds is 0. The number of thioether (sulfide) groups is 1. The number of hydrogen-bond acceptors (Lipinski definition) is 3. The Morgan fingerprint density at radius 3 is 3.00 bits per heavy atom. The first-order chi connectivity index (χ1) is 6.31. The molecular weight excluding hydrogens is 204 g/mol. The molecule has 0 aliphatic carbocycles. The van der Waals surface area contributed by atoms with Crippen molar-refractivity contribution in [3.8, 4) is 0 Å². The monoisotopic (exact) mass is 212 g/mol. The van der Waals surface area contributed by atoms with Gasteiger partial charge >= 0.3 is 0 Å². The molecule has 13 heavy (non-hydrogen) atoms. The first-order valence-electron chi connectivity index (χ1n) is 3.72. The Kier molecular flexibility index (Phi) is 2.37. The summed E-state index contributed by atoms with van der Waals surface area (Å²) < 4.78 is 15.5. The fourth-order valence-corrected chi connectivity index (χ4v) is 2.58. The van der Waals surface area contributed by atoms with E-state index in [4.69, 9.17) is 0 Å². The first-order valence-corrected chi connectivity index (χ1v) is 6.05. The van der Waals surface area contributed by atoms with E-state index in [0.29, 0.717) is 5.17 Å². The molecule has 0 saturated heterocycles. The van der Waals surface area contributed by atoms with Crippen molar-refractivity contribution in [1.29, 1.82) is 0 Å². The lowest BCUT2D eigenvalue weighted by atomic mass is 10.3. The minimum atomic E-state index is -1.24. The Balaban J connectivity index is 2.46. The van der Waals surface area contributed by atoms with E-state index in [0.717, 1.165) is 10.6 Å². The van der Waals surface area contributed by atoms with Crippen molar-refractivity contribution in [2.24, 2.45) is 4.40 Å². The van der Waals surface area contributed by atoms with Crippen molar-refractivity contribution in [1.82, 2.24) is 0 Å². The van der Waals surface area contributed by atoms with Gasteiger partial charge in [-0.15, -0.1) is 0 Å². The van der Waals surface area contributed by atoms with Gasteiger partial charge in [-0.25, -0.2) is 4.21 Å². The molecule has 1 aromatic carbocycles. The fraction of sp³-hybridized carbons (Fsp3) is 0.125. The second-order valence-electron chi connectivity index (χ2n) is 2.47. The van der Waals surface area contributed by atoms with Gasteiger partial charge in [0, 0.05) is 0 Å². The van der Waals surface area contributed by atoms with Crippen LogP contribution in [-0.4, -0.2) is 15.6 Å². The number of nitrogens with zero attached hydrogens (tertiary/aromatic N) is 1. The summed E-state index contributed by atoms with van der Waals surface area (Å²) in [4.78, 5) is 0.750. The highest BCUT2D eigenvalue weighted by atomic mass is 32.2. The molecule has 1 N–H and O–H groups in total. The Bertz CT molecular complexity index is 389. The lowest BCUT2D eigenvalue weighted by Gasteiger charge is -2.14. The van der Waals surface area contributed by atoms with Gasteiger partial charge in [0.25, 0.3) is 0 Å². The lowest BCUT2D eigenvalue weighted by Crippen LogP contribution is -2.15. The highest BCUT2D eigenvalue weighted by Crippen LogP contribution is 2.25. The predicted octanol–water partition coefficient (Wildman–Crippen LogP) is 1.85. The average molecular weight is 212 g/mol. The maximum Gasteiger partial charge on any atom is 0.177 e. The predicted molar refractivity (Wildman–Crippen MR) is 57.4 cm³/mol. The number of nitrogens with one attached hydrogen (secondary N) is 1. The third-order valence-electron chi connectivity index (χ3n) is 1.68. The van der Waals surface area contributed by atoms with Crippen molar-refractivity contribution < 1.29 is 4.21 Å². The Morgan fingerprint density at radius 1 is 1.46 bits per heavy atom. The van der Waals surface area contributed by atoms with Crippen LogP contribution in [0.15, 0.2) is 33.6 Å². The van der Waals surface area contributed by atoms with Gasteiger partial charge in [0.05, 0.1) is 10.6 Å². The molecule has 1 aliphatic rings. The van der Waals surface area contributed by atoms with Crippen LogP contribution < -0.4 is 5.32 Å². The standard InChI is InChI=1S/C8H8N2OS2/c1-12-8-9-6-4-2-3-5-7(6)13(11)10-8/h2-5H,1H3,(H,9,10)/t13-/m0/s1. The van der Waals surface area contributed by atoms with Crippen LogP contribution in [0.5, 0.6) is 0 Å². The molecule has 1 heterocycles. The van der Waals surface area contributed by atoms with E-state index >= 15 is 0 Å². The molecule has 0 bridgehead atoms. The Hall–Kier alpha value is -0.810. The molecule has 1 aromatic rings. The molecule has 0 aromatic heterocycles. The van der Waals surface area contributed by atoms with Crippen LogP contribution in [0.25, 0.3) is 0 Å². The molecule has 0 saturated carbocycles. The largest absolute Gasteiger partial charge is 0.333 e. The van der Waals surface area contributed by atoms with Gasteiger partial charge in [-0.3, -0.25) is 0 Å². The van der Waals surface area contributed by atoms with E-state index in [2.05, 4.69) is 9.71 Å². The van der Waals surface area contributed by atoms with Crippen LogP contribution in [0.4, 0.5) is 5.69 Å². The molecule has 1 aliphatic heterocycles. The molecule has 0 fully saturated rings. The van der Waals surface area contributed by atoms with Crippen LogP contribution in [0, 0.1) is 0 Å². The van der Waals surface area contributed by atoms with Crippen molar-refractivity contribution in [2.45, 2.75) is 4.90 Å². The van der Waals surface area contributed by atoms with Gasteiger partial charge < -0.3 is 5.32 Å². The molecule has 3 nitrogen and oxygen atoms in total. The molecule has 0 unspecified atom stereocenters. The number of para-hydroxylation sites is 1. The third kappa shape index (κ3) is 1.62. The van der Waals surface area contributed by atoms with Gasteiger partial charge in [-0.05, 0) is 18.4 Å². The zero-order chi connectivity index (χ0) is 9.26. The van der Waals surface area contributed by atoms with Gasteiger partial charge in [0.1, 0.15) is 0 Å². The van der Waals surface area contributed by atoms with Crippen molar-refractivity contribution >= 4 is 33.6 Å². The van der Waals surface area contributed by atoms with Crippen LogP contribution in [-0.2, 0) is 11.0 Å². The SMILES string of the molecule is CSC1=N[S@@](=O)c2ccccc2N1. The zero-order valence-electron chi connectivity index (χ0n) is 6.98. The highest BCUT2D eigenvalue weighted by molar-refractivity contribution is 8.14. The van der Waals surface area contributed by atoms with E-state index in [1.54, 1.807) is 0 Å². The number of benzene rings is 1. The number of anilines is 1. The van der Waals surface area contributed by atoms with E-state index in [1.165, 1.54) is 11.8 Å². The van der Waals surface area contributed by atoms with Crippen molar-refractivity contribution in [3.63, 3.8) is 0 Å². The summed E-state index contributed by atoms with van der Waals surface area (Å²) in [6, 6.07) is 7.49. The van der Waals surface area contributed by atoms with Crippen molar-refractivity contribution in [2.75, 3.05) is 11.6 Å². The first kappa shape index (κ1) is 8.77. The highest BCUT2D eigenvalue weighted by Gasteiger charge is 2.15. The molecule has 1 atom stereocenters. The number of fused-ring (bicyclic) bond motifs is 1. The molecule has 0 amide bonds. The van der Waals surface area contributed by atoms with E-state index in [9.17, 15) is 4.21 Å². The summed E-state index contributed by atoms with van der Waals surface area (Å²) in [5, 5.41) is 3.80. The maximum atomic E-state index is 11.5. The Labute approximate surface area is 83.2 Å². The van der Waals surface area contributed by atoms with Gasteiger partial charge in [0.15, 0.2) is 16.2 Å². The smallest absolute Gasteiger partial charge is 0.177 e. The molecule has 5 heteroatoms.